The number of hydrogen-bond acceptors (Lipinski definition) is 6. The van der Waals surface area contributed by atoms with Crippen LogP contribution in [-0.4, -0.2) is 67.3 Å². The summed E-state index contributed by atoms with van der Waals surface area (Å²) in [5, 5.41) is 21.2. The Morgan fingerprint density at radius 2 is 1.77 bits per heavy atom. The monoisotopic (exact) mass is 476 g/mol. The van der Waals surface area contributed by atoms with Crippen LogP contribution in [0.4, 0.5) is 0 Å². The predicted octanol–water partition coefficient (Wildman–Crippen LogP) is 3.81. The van der Waals surface area contributed by atoms with Crippen molar-refractivity contribution in [3.63, 3.8) is 0 Å². The lowest BCUT2D eigenvalue weighted by atomic mass is 9.96. The summed E-state index contributed by atoms with van der Waals surface area (Å²) < 4.78 is 1.86. The minimum absolute atomic E-state index is 0.0210. The number of nitrogens with zero attached hydrogens (tertiary/aromatic N) is 4. The van der Waals surface area contributed by atoms with Crippen molar-refractivity contribution in [3.8, 4) is 5.75 Å². The number of phenols is 1. The van der Waals surface area contributed by atoms with E-state index in [2.05, 4.69) is 23.7 Å². The average Bonchev–Trinajstić information content (AvgIpc) is 3.32. The highest BCUT2D eigenvalue weighted by Crippen LogP contribution is 2.40. The van der Waals surface area contributed by atoms with Crippen LogP contribution >= 0.6 is 0 Å². The number of carbonyl (C=O) groups is 2. The average molecular weight is 477 g/mol. The van der Waals surface area contributed by atoms with Crippen LogP contribution < -0.4 is 0 Å². The van der Waals surface area contributed by atoms with E-state index in [0.29, 0.717) is 29.9 Å². The van der Waals surface area contributed by atoms with Crippen LogP contribution in [0.15, 0.2) is 48.2 Å². The molecule has 8 heteroatoms. The number of rotatable bonds is 8. The molecular weight excluding hydrogens is 444 g/mol. The van der Waals surface area contributed by atoms with Crippen LogP contribution in [0.1, 0.15) is 48.8 Å². The van der Waals surface area contributed by atoms with E-state index >= 15 is 0 Å². The molecule has 2 aromatic heterocycles. The van der Waals surface area contributed by atoms with Gasteiger partial charge in [0.25, 0.3) is 11.7 Å². The zero-order valence-electron chi connectivity index (χ0n) is 20.7. The third-order valence-corrected chi connectivity index (χ3v) is 6.82. The Bertz CT molecular complexity index is 1290. The van der Waals surface area contributed by atoms with Gasteiger partial charge in [-0.25, -0.2) is 4.98 Å². The SMILES string of the molecule is CCN(CC)CCCN1C(=O)C(=O)/C(=C(/O)c2nc3c(C)cccn3c2C)C1c1ccc(O)cc1. The molecule has 35 heavy (non-hydrogen) atoms. The van der Waals surface area contributed by atoms with Crippen LogP contribution in [-0.2, 0) is 9.59 Å². The Morgan fingerprint density at radius 3 is 2.40 bits per heavy atom. The summed E-state index contributed by atoms with van der Waals surface area (Å²) in [6.45, 7) is 10.9. The van der Waals surface area contributed by atoms with Crippen molar-refractivity contribution in [2.24, 2.45) is 0 Å². The maximum absolute atomic E-state index is 13.3. The number of benzene rings is 1. The molecule has 0 bridgehead atoms. The summed E-state index contributed by atoms with van der Waals surface area (Å²) in [4.78, 5) is 34.9. The summed E-state index contributed by atoms with van der Waals surface area (Å²) in [5.74, 6) is -1.56. The van der Waals surface area contributed by atoms with Crippen molar-refractivity contribution < 1.29 is 19.8 Å². The number of imidazole rings is 1. The van der Waals surface area contributed by atoms with Gasteiger partial charge in [0.05, 0.1) is 17.3 Å². The molecule has 0 saturated carbocycles. The van der Waals surface area contributed by atoms with E-state index in [4.69, 9.17) is 0 Å². The minimum atomic E-state index is -0.766. The molecule has 3 heterocycles. The van der Waals surface area contributed by atoms with Crippen molar-refractivity contribution in [1.29, 1.82) is 0 Å². The summed E-state index contributed by atoms with van der Waals surface area (Å²) in [7, 11) is 0. The number of amides is 1. The maximum atomic E-state index is 13.3. The number of Topliss-reactive ketones (excluding diaryl/α,β-unsaturated/α-hetero) is 1. The number of aromatic nitrogens is 2. The third kappa shape index (κ3) is 4.41. The fourth-order valence-corrected chi connectivity index (χ4v) is 4.79. The number of carbonyl (C=O) groups excluding carboxylic acids is 2. The number of aromatic hydroxyl groups is 1. The molecule has 184 valence electrons. The lowest BCUT2D eigenvalue weighted by molar-refractivity contribution is -0.140. The van der Waals surface area contributed by atoms with E-state index < -0.39 is 17.7 Å². The largest absolute Gasteiger partial charge is 0.508 e. The molecule has 1 atom stereocenters. The summed E-state index contributed by atoms with van der Waals surface area (Å²) in [6, 6.07) is 9.45. The van der Waals surface area contributed by atoms with Gasteiger partial charge in [-0.3, -0.25) is 9.59 Å². The number of fused-ring (bicyclic) bond motifs is 1. The van der Waals surface area contributed by atoms with Gasteiger partial charge in [-0.05, 0) is 69.2 Å². The molecule has 1 saturated heterocycles. The molecule has 1 aliphatic heterocycles. The maximum Gasteiger partial charge on any atom is 0.295 e. The molecule has 4 rings (SSSR count). The van der Waals surface area contributed by atoms with Crippen LogP contribution in [0.5, 0.6) is 5.75 Å². The number of likely N-dealkylation sites (tertiary alicyclic amines) is 1. The zero-order valence-corrected chi connectivity index (χ0v) is 20.7. The quantitative estimate of drug-likeness (QED) is 0.291. The number of hydrogen-bond donors (Lipinski definition) is 2. The second-order valence-corrected chi connectivity index (χ2v) is 8.90. The Hall–Kier alpha value is -3.65. The number of pyridine rings is 1. The normalized spacial score (nSPS) is 17.7. The van der Waals surface area contributed by atoms with Crippen molar-refractivity contribution in [3.05, 3.63) is 70.7 Å². The molecule has 0 spiro atoms. The van der Waals surface area contributed by atoms with Gasteiger partial charge in [-0.1, -0.05) is 32.0 Å². The van der Waals surface area contributed by atoms with E-state index in [0.717, 1.165) is 25.2 Å². The summed E-state index contributed by atoms with van der Waals surface area (Å²) in [5.41, 5.74) is 3.24. The number of aliphatic hydroxyl groups is 1. The van der Waals surface area contributed by atoms with Gasteiger partial charge >= 0.3 is 0 Å². The Kier molecular flexibility index (Phi) is 6.93. The molecule has 2 N–H and O–H groups in total. The lowest BCUT2D eigenvalue weighted by Gasteiger charge is -2.26. The Labute approximate surface area is 205 Å². The standard InChI is InChI=1S/C27H32N4O4/c1-5-29(6-2)14-8-16-31-23(19-10-12-20(32)13-11-19)21(25(34)27(31)35)24(33)22-18(4)30-15-7-9-17(3)26(30)28-22/h7,9-13,15,23,32-33H,5-6,8,14,16H2,1-4H3/b24-21+. The zero-order chi connectivity index (χ0) is 25.3. The van der Waals surface area contributed by atoms with Crippen molar-refractivity contribution in [1.82, 2.24) is 19.2 Å². The van der Waals surface area contributed by atoms with E-state index in [1.807, 2.05) is 36.6 Å². The highest BCUT2D eigenvalue weighted by molar-refractivity contribution is 6.46. The van der Waals surface area contributed by atoms with Crippen molar-refractivity contribution in [2.75, 3.05) is 26.2 Å². The Balaban J connectivity index is 1.81. The number of ketones is 1. The summed E-state index contributed by atoms with van der Waals surface area (Å²) >= 11 is 0. The predicted molar refractivity (Wildman–Crippen MR) is 134 cm³/mol. The molecular formula is C27H32N4O4. The second-order valence-electron chi connectivity index (χ2n) is 8.90. The van der Waals surface area contributed by atoms with Crippen LogP contribution in [0.25, 0.3) is 11.4 Å². The Morgan fingerprint density at radius 1 is 1.09 bits per heavy atom. The molecule has 1 amide bonds. The molecule has 0 radical (unpaired) electrons. The summed E-state index contributed by atoms with van der Waals surface area (Å²) in [6.07, 6.45) is 2.54. The van der Waals surface area contributed by atoms with Crippen LogP contribution in [0.3, 0.4) is 0 Å². The number of phenolic OH excluding ortho intramolecular Hbond substituents is 1. The van der Waals surface area contributed by atoms with E-state index in [9.17, 15) is 19.8 Å². The molecule has 1 unspecified atom stereocenters. The first-order valence-corrected chi connectivity index (χ1v) is 12.0. The van der Waals surface area contributed by atoms with Gasteiger partial charge in [-0.2, -0.15) is 0 Å². The van der Waals surface area contributed by atoms with Gasteiger partial charge in [0.1, 0.15) is 17.1 Å². The van der Waals surface area contributed by atoms with Crippen LogP contribution in [0.2, 0.25) is 0 Å². The first-order valence-electron chi connectivity index (χ1n) is 12.0. The lowest BCUT2D eigenvalue weighted by Crippen LogP contribution is -2.33. The van der Waals surface area contributed by atoms with E-state index in [1.54, 1.807) is 12.1 Å². The first kappa shape index (κ1) is 24.5. The molecule has 1 aromatic carbocycles. The fourth-order valence-electron chi connectivity index (χ4n) is 4.79. The van der Waals surface area contributed by atoms with Crippen molar-refractivity contribution >= 4 is 23.1 Å². The molecule has 3 aromatic rings. The van der Waals surface area contributed by atoms with Gasteiger partial charge in [0, 0.05) is 12.7 Å². The van der Waals surface area contributed by atoms with Crippen molar-refractivity contribution in [2.45, 2.75) is 40.2 Å². The van der Waals surface area contributed by atoms with E-state index in [-0.39, 0.29) is 22.8 Å². The molecule has 1 fully saturated rings. The van der Waals surface area contributed by atoms with Crippen LogP contribution in [0, 0.1) is 13.8 Å². The smallest absolute Gasteiger partial charge is 0.295 e. The number of aliphatic hydroxyl groups excluding tert-OH is 1. The molecule has 8 nitrogen and oxygen atoms in total. The topological polar surface area (TPSA) is 98.4 Å². The first-order chi connectivity index (χ1) is 16.8. The molecule has 1 aliphatic rings. The highest BCUT2D eigenvalue weighted by Gasteiger charge is 2.46. The second kappa shape index (κ2) is 9.92. The van der Waals surface area contributed by atoms with Gasteiger partial charge < -0.3 is 24.4 Å². The minimum Gasteiger partial charge on any atom is -0.508 e. The van der Waals surface area contributed by atoms with Gasteiger partial charge in [-0.15, -0.1) is 0 Å². The number of aryl methyl sites for hydroxylation is 2. The van der Waals surface area contributed by atoms with E-state index in [1.165, 1.54) is 17.0 Å². The van der Waals surface area contributed by atoms with Gasteiger partial charge in [0.2, 0.25) is 0 Å². The third-order valence-electron chi connectivity index (χ3n) is 6.82. The fraction of sp³-hybridized carbons (Fsp3) is 0.370. The highest BCUT2D eigenvalue weighted by atomic mass is 16.3. The van der Waals surface area contributed by atoms with Gasteiger partial charge in [0.15, 0.2) is 5.76 Å². The molecule has 0 aliphatic carbocycles.